The maximum atomic E-state index is 12.8. The monoisotopic (exact) mass is 444 g/mol. The predicted octanol–water partition coefficient (Wildman–Crippen LogP) is 6.77. The van der Waals surface area contributed by atoms with E-state index in [2.05, 4.69) is 72.6 Å². The number of hydrogen-bond acceptors (Lipinski definition) is 3. The fourth-order valence-electron chi connectivity index (χ4n) is 4.28. The van der Waals surface area contributed by atoms with Crippen LogP contribution in [0.2, 0.25) is 0 Å². The molecular formula is C28H32N2OS. The predicted molar refractivity (Wildman–Crippen MR) is 135 cm³/mol. The van der Waals surface area contributed by atoms with E-state index in [1.54, 1.807) is 0 Å². The second-order valence-electron chi connectivity index (χ2n) is 8.88. The van der Waals surface area contributed by atoms with Gasteiger partial charge in [-0.15, -0.1) is 11.8 Å². The van der Waals surface area contributed by atoms with Gasteiger partial charge < -0.3 is 5.32 Å². The molecule has 32 heavy (non-hydrogen) atoms. The zero-order chi connectivity index (χ0) is 22.3. The molecule has 0 bridgehead atoms. The van der Waals surface area contributed by atoms with E-state index in [0.717, 1.165) is 29.5 Å². The van der Waals surface area contributed by atoms with Crippen molar-refractivity contribution in [3.63, 3.8) is 0 Å². The van der Waals surface area contributed by atoms with Crippen molar-refractivity contribution >= 4 is 23.4 Å². The first-order valence-corrected chi connectivity index (χ1v) is 12.5. The Bertz CT molecular complexity index is 1030. The summed E-state index contributed by atoms with van der Waals surface area (Å²) in [5, 5.41) is 3.08. The quantitative estimate of drug-likeness (QED) is 0.408. The summed E-state index contributed by atoms with van der Waals surface area (Å²) in [7, 11) is 0. The third-order valence-electron chi connectivity index (χ3n) is 6.05. The molecule has 0 saturated carbocycles. The zero-order valence-electron chi connectivity index (χ0n) is 19.0. The largest absolute Gasteiger partial charge is 0.322 e. The second kappa shape index (κ2) is 10.8. The number of aryl methyl sites for hydroxylation is 1. The lowest BCUT2D eigenvalue weighted by Gasteiger charge is -2.30. The van der Waals surface area contributed by atoms with Crippen LogP contribution >= 0.6 is 11.8 Å². The van der Waals surface area contributed by atoms with Crippen LogP contribution in [0.25, 0.3) is 0 Å². The minimum atomic E-state index is -0.0577. The van der Waals surface area contributed by atoms with Crippen molar-refractivity contribution in [1.82, 2.24) is 4.90 Å². The van der Waals surface area contributed by atoms with E-state index in [1.165, 1.54) is 42.0 Å². The molecule has 1 unspecified atom stereocenters. The van der Waals surface area contributed by atoms with Gasteiger partial charge in [0.1, 0.15) is 0 Å². The normalized spacial score (nSPS) is 16.6. The molecule has 4 heteroatoms. The molecule has 3 aromatic rings. The number of benzene rings is 3. The summed E-state index contributed by atoms with van der Waals surface area (Å²) in [5.41, 5.74) is 5.18. The molecule has 4 rings (SSSR count). The lowest BCUT2D eigenvalue weighted by Crippen LogP contribution is -2.33. The Kier molecular flexibility index (Phi) is 7.67. The topological polar surface area (TPSA) is 32.3 Å². The van der Waals surface area contributed by atoms with E-state index in [4.69, 9.17) is 0 Å². The maximum Gasteiger partial charge on any atom is 0.255 e. The van der Waals surface area contributed by atoms with Crippen LogP contribution in [-0.2, 0) is 12.3 Å². The van der Waals surface area contributed by atoms with Gasteiger partial charge in [-0.05, 0) is 79.3 Å². The molecule has 1 amide bonds. The third kappa shape index (κ3) is 6.24. The van der Waals surface area contributed by atoms with Crippen LogP contribution in [-0.4, -0.2) is 23.9 Å². The molecular weight excluding hydrogens is 412 g/mol. The summed E-state index contributed by atoms with van der Waals surface area (Å²) in [6.07, 6.45) is 2.62. The molecule has 0 aromatic heterocycles. The summed E-state index contributed by atoms with van der Waals surface area (Å²) < 4.78 is 0. The SMILES string of the molecule is Cc1cc(CSc2ccccc2)ccc1NC(=O)c1ccc(CN2CCCC(C)C2)cc1. The van der Waals surface area contributed by atoms with Gasteiger partial charge in [-0.1, -0.05) is 49.4 Å². The first kappa shape index (κ1) is 22.6. The number of thioether (sulfide) groups is 1. The lowest BCUT2D eigenvalue weighted by atomic mass is 9.99. The highest BCUT2D eigenvalue weighted by molar-refractivity contribution is 7.98. The second-order valence-corrected chi connectivity index (χ2v) is 9.93. The summed E-state index contributed by atoms with van der Waals surface area (Å²) in [5.74, 6) is 1.63. The van der Waals surface area contributed by atoms with Crippen LogP contribution in [0.3, 0.4) is 0 Å². The van der Waals surface area contributed by atoms with Crippen molar-refractivity contribution in [1.29, 1.82) is 0 Å². The van der Waals surface area contributed by atoms with Crippen LogP contribution in [0.1, 0.15) is 46.8 Å². The first-order chi connectivity index (χ1) is 15.6. The number of hydrogen-bond donors (Lipinski definition) is 1. The Morgan fingerprint density at radius 2 is 1.78 bits per heavy atom. The summed E-state index contributed by atoms with van der Waals surface area (Å²) >= 11 is 1.82. The Hall–Kier alpha value is -2.56. The van der Waals surface area contributed by atoms with E-state index in [-0.39, 0.29) is 5.91 Å². The molecule has 166 valence electrons. The minimum absolute atomic E-state index is 0.0577. The molecule has 1 fully saturated rings. The van der Waals surface area contributed by atoms with Gasteiger partial charge in [0.15, 0.2) is 0 Å². The van der Waals surface area contributed by atoms with Gasteiger partial charge in [0.25, 0.3) is 5.91 Å². The van der Waals surface area contributed by atoms with E-state index in [1.807, 2.05) is 36.0 Å². The molecule has 1 atom stereocenters. The Morgan fingerprint density at radius 1 is 1.03 bits per heavy atom. The fraction of sp³-hybridized carbons (Fsp3) is 0.321. The average Bonchev–Trinajstić information content (AvgIpc) is 2.80. The highest BCUT2D eigenvalue weighted by Gasteiger charge is 2.16. The third-order valence-corrected chi connectivity index (χ3v) is 7.13. The highest BCUT2D eigenvalue weighted by atomic mass is 32.2. The van der Waals surface area contributed by atoms with Gasteiger partial charge in [-0.3, -0.25) is 9.69 Å². The molecule has 1 heterocycles. The number of piperidine rings is 1. The van der Waals surface area contributed by atoms with Crippen molar-refractivity contribution in [2.75, 3.05) is 18.4 Å². The Balaban J connectivity index is 1.32. The summed E-state index contributed by atoms with van der Waals surface area (Å²) in [4.78, 5) is 16.6. The van der Waals surface area contributed by atoms with Crippen LogP contribution < -0.4 is 5.32 Å². The molecule has 0 radical (unpaired) electrons. The summed E-state index contributed by atoms with van der Waals surface area (Å²) in [6, 6.07) is 24.8. The van der Waals surface area contributed by atoms with Gasteiger partial charge in [-0.2, -0.15) is 0 Å². The Labute approximate surface area is 196 Å². The molecule has 1 aliphatic rings. The van der Waals surface area contributed by atoms with Crippen LogP contribution in [0.5, 0.6) is 0 Å². The molecule has 1 saturated heterocycles. The lowest BCUT2D eigenvalue weighted by molar-refractivity contribution is 0.102. The van der Waals surface area contributed by atoms with Gasteiger partial charge in [-0.25, -0.2) is 0 Å². The molecule has 3 nitrogen and oxygen atoms in total. The van der Waals surface area contributed by atoms with E-state index >= 15 is 0 Å². The molecule has 0 aliphatic carbocycles. The van der Waals surface area contributed by atoms with Crippen LogP contribution in [0, 0.1) is 12.8 Å². The zero-order valence-corrected chi connectivity index (χ0v) is 19.8. The van der Waals surface area contributed by atoms with E-state index in [9.17, 15) is 4.79 Å². The Morgan fingerprint density at radius 3 is 2.50 bits per heavy atom. The van der Waals surface area contributed by atoms with Gasteiger partial charge in [0.05, 0.1) is 0 Å². The number of amides is 1. The van der Waals surface area contributed by atoms with E-state index < -0.39 is 0 Å². The first-order valence-electron chi connectivity index (χ1n) is 11.5. The molecule has 0 spiro atoms. The van der Waals surface area contributed by atoms with Gasteiger partial charge in [0.2, 0.25) is 0 Å². The fourth-order valence-corrected chi connectivity index (χ4v) is 5.15. The van der Waals surface area contributed by atoms with Crippen molar-refractivity contribution < 1.29 is 4.79 Å². The van der Waals surface area contributed by atoms with Crippen LogP contribution in [0.15, 0.2) is 77.7 Å². The highest BCUT2D eigenvalue weighted by Crippen LogP contribution is 2.25. The number of nitrogens with one attached hydrogen (secondary N) is 1. The minimum Gasteiger partial charge on any atom is -0.322 e. The number of carbonyl (C=O) groups excluding carboxylic acids is 1. The molecule has 1 N–H and O–H groups in total. The number of anilines is 1. The van der Waals surface area contributed by atoms with Crippen molar-refractivity contribution in [2.24, 2.45) is 5.92 Å². The molecule has 3 aromatic carbocycles. The van der Waals surface area contributed by atoms with Gasteiger partial charge in [0, 0.05) is 35.0 Å². The van der Waals surface area contributed by atoms with Crippen molar-refractivity contribution in [3.8, 4) is 0 Å². The van der Waals surface area contributed by atoms with Gasteiger partial charge >= 0.3 is 0 Å². The van der Waals surface area contributed by atoms with Crippen molar-refractivity contribution in [2.45, 2.75) is 43.9 Å². The van der Waals surface area contributed by atoms with Crippen molar-refractivity contribution in [3.05, 3.63) is 95.1 Å². The smallest absolute Gasteiger partial charge is 0.255 e. The summed E-state index contributed by atoms with van der Waals surface area (Å²) in [6.45, 7) is 7.69. The number of nitrogens with zero attached hydrogens (tertiary/aromatic N) is 1. The maximum absolute atomic E-state index is 12.8. The van der Waals surface area contributed by atoms with E-state index in [0.29, 0.717) is 5.56 Å². The number of rotatable bonds is 7. The number of likely N-dealkylation sites (tertiary alicyclic amines) is 1. The number of carbonyl (C=O) groups is 1. The average molecular weight is 445 g/mol. The standard InChI is InChI=1S/C28H32N2OS/c1-21-7-6-16-30(18-21)19-23-10-13-25(14-11-23)28(31)29-27-15-12-24(17-22(27)2)20-32-26-8-4-3-5-9-26/h3-5,8-15,17,21H,6-7,16,18-20H2,1-2H3,(H,29,31). The molecule has 1 aliphatic heterocycles. The van der Waals surface area contributed by atoms with Crippen LogP contribution in [0.4, 0.5) is 5.69 Å².